The standard InChI is InChI=1S/C14H26N2O/c1-10(2)8-12-15-11(3)13(17)16(12)9-14(4)6-5-7-14/h10-12,15H,5-9H2,1-4H3. The number of nitrogens with one attached hydrogen (secondary N) is 1. The molecule has 1 saturated carbocycles. The Morgan fingerprint density at radius 1 is 1.47 bits per heavy atom. The average molecular weight is 238 g/mol. The average Bonchev–Trinajstić information content (AvgIpc) is 2.43. The summed E-state index contributed by atoms with van der Waals surface area (Å²) in [6, 6.07) is 0.00225. The van der Waals surface area contributed by atoms with E-state index in [2.05, 4.69) is 31.0 Å². The van der Waals surface area contributed by atoms with E-state index in [9.17, 15) is 4.79 Å². The summed E-state index contributed by atoms with van der Waals surface area (Å²) < 4.78 is 0. The molecule has 1 aliphatic carbocycles. The molecule has 0 bridgehead atoms. The zero-order valence-electron chi connectivity index (χ0n) is 11.6. The molecule has 98 valence electrons. The number of rotatable bonds is 4. The van der Waals surface area contributed by atoms with E-state index in [1.165, 1.54) is 19.3 Å². The minimum Gasteiger partial charge on any atom is -0.325 e. The van der Waals surface area contributed by atoms with Crippen LogP contribution < -0.4 is 5.32 Å². The highest BCUT2D eigenvalue weighted by atomic mass is 16.2. The Morgan fingerprint density at radius 2 is 2.12 bits per heavy atom. The molecular weight excluding hydrogens is 212 g/mol. The van der Waals surface area contributed by atoms with Gasteiger partial charge in [-0.05, 0) is 37.5 Å². The van der Waals surface area contributed by atoms with Crippen molar-refractivity contribution in [3.05, 3.63) is 0 Å². The zero-order valence-corrected chi connectivity index (χ0v) is 11.6. The van der Waals surface area contributed by atoms with E-state index >= 15 is 0 Å². The van der Waals surface area contributed by atoms with E-state index in [0.717, 1.165) is 13.0 Å². The predicted octanol–water partition coefficient (Wildman–Crippen LogP) is 2.37. The molecule has 0 aromatic rings. The number of amides is 1. The van der Waals surface area contributed by atoms with E-state index in [1.807, 2.05) is 6.92 Å². The Labute approximate surface area is 105 Å². The van der Waals surface area contributed by atoms with Crippen LogP contribution in [0.15, 0.2) is 0 Å². The van der Waals surface area contributed by atoms with Crippen molar-refractivity contribution in [2.45, 2.75) is 65.6 Å². The molecule has 1 N–H and O–H groups in total. The summed E-state index contributed by atoms with van der Waals surface area (Å²) in [4.78, 5) is 14.3. The van der Waals surface area contributed by atoms with Crippen molar-refractivity contribution in [3.63, 3.8) is 0 Å². The van der Waals surface area contributed by atoms with Gasteiger partial charge in [0.2, 0.25) is 5.91 Å². The third-order valence-corrected chi connectivity index (χ3v) is 4.28. The normalized spacial score (nSPS) is 32.1. The van der Waals surface area contributed by atoms with Crippen molar-refractivity contribution in [2.24, 2.45) is 11.3 Å². The van der Waals surface area contributed by atoms with Crippen LogP contribution >= 0.6 is 0 Å². The van der Waals surface area contributed by atoms with E-state index in [4.69, 9.17) is 0 Å². The second kappa shape index (κ2) is 4.60. The molecule has 2 fully saturated rings. The van der Waals surface area contributed by atoms with Crippen LogP contribution in [0.25, 0.3) is 0 Å². The number of nitrogens with zero attached hydrogens (tertiary/aromatic N) is 1. The summed E-state index contributed by atoms with van der Waals surface area (Å²) in [7, 11) is 0. The Bertz CT molecular complexity index is 297. The van der Waals surface area contributed by atoms with Gasteiger partial charge in [0.15, 0.2) is 0 Å². The van der Waals surface area contributed by atoms with Crippen LogP contribution in [0.5, 0.6) is 0 Å². The summed E-state index contributed by atoms with van der Waals surface area (Å²) >= 11 is 0. The SMILES string of the molecule is CC(C)CC1NC(C)C(=O)N1CC1(C)CCC1. The van der Waals surface area contributed by atoms with Crippen LogP contribution in [0, 0.1) is 11.3 Å². The van der Waals surface area contributed by atoms with Gasteiger partial charge in [0.25, 0.3) is 0 Å². The Kier molecular flexibility index (Phi) is 3.48. The summed E-state index contributed by atoms with van der Waals surface area (Å²) in [5, 5.41) is 3.43. The smallest absolute Gasteiger partial charge is 0.240 e. The van der Waals surface area contributed by atoms with Crippen LogP contribution in [-0.4, -0.2) is 29.6 Å². The minimum atomic E-state index is 0.00225. The molecule has 0 radical (unpaired) electrons. The minimum absolute atomic E-state index is 0.00225. The first kappa shape index (κ1) is 12.9. The second-order valence-corrected chi connectivity index (χ2v) is 6.66. The zero-order chi connectivity index (χ0) is 12.6. The lowest BCUT2D eigenvalue weighted by atomic mass is 9.70. The first-order valence-electron chi connectivity index (χ1n) is 6.98. The van der Waals surface area contributed by atoms with Crippen molar-refractivity contribution in [2.75, 3.05) is 6.54 Å². The van der Waals surface area contributed by atoms with Crippen LogP contribution in [0.4, 0.5) is 0 Å². The molecule has 1 saturated heterocycles. The fourth-order valence-electron chi connectivity index (χ4n) is 3.03. The van der Waals surface area contributed by atoms with Gasteiger partial charge in [-0.25, -0.2) is 0 Å². The number of carbonyl (C=O) groups is 1. The lowest BCUT2D eigenvalue weighted by molar-refractivity contribution is -0.132. The van der Waals surface area contributed by atoms with Crippen molar-refractivity contribution in [1.29, 1.82) is 0 Å². The van der Waals surface area contributed by atoms with Gasteiger partial charge >= 0.3 is 0 Å². The maximum absolute atomic E-state index is 12.2. The molecule has 2 unspecified atom stereocenters. The predicted molar refractivity (Wildman–Crippen MR) is 69.5 cm³/mol. The van der Waals surface area contributed by atoms with Gasteiger partial charge in [0.05, 0.1) is 12.2 Å². The van der Waals surface area contributed by atoms with Crippen LogP contribution in [0.3, 0.4) is 0 Å². The van der Waals surface area contributed by atoms with Gasteiger partial charge in [-0.1, -0.05) is 27.2 Å². The lowest BCUT2D eigenvalue weighted by Gasteiger charge is -2.42. The fourth-order valence-corrected chi connectivity index (χ4v) is 3.03. The largest absolute Gasteiger partial charge is 0.325 e. The molecule has 17 heavy (non-hydrogen) atoms. The second-order valence-electron chi connectivity index (χ2n) is 6.66. The molecule has 2 aliphatic rings. The van der Waals surface area contributed by atoms with E-state index in [-0.39, 0.29) is 12.2 Å². The third kappa shape index (κ3) is 2.65. The Balaban J connectivity index is 2.02. The van der Waals surface area contributed by atoms with E-state index < -0.39 is 0 Å². The first-order valence-corrected chi connectivity index (χ1v) is 6.98. The number of carbonyl (C=O) groups excluding carboxylic acids is 1. The Morgan fingerprint density at radius 3 is 2.59 bits per heavy atom. The lowest BCUT2D eigenvalue weighted by Crippen LogP contribution is -2.46. The fraction of sp³-hybridized carbons (Fsp3) is 0.929. The van der Waals surface area contributed by atoms with Gasteiger partial charge in [-0.2, -0.15) is 0 Å². The van der Waals surface area contributed by atoms with E-state index in [1.54, 1.807) is 0 Å². The van der Waals surface area contributed by atoms with Gasteiger partial charge < -0.3 is 4.90 Å². The van der Waals surface area contributed by atoms with Crippen molar-refractivity contribution in [1.82, 2.24) is 10.2 Å². The van der Waals surface area contributed by atoms with Crippen molar-refractivity contribution in [3.8, 4) is 0 Å². The highest BCUT2D eigenvalue weighted by Crippen LogP contribution is 2.41. The topological polar surface area (TPSA) is 32.3 Å². The van der Waals surface area contributed by atoms with E-state index in [0.29, 0.717) is 17.2 Å². The van der Waals surface area contributed by atoms with Crippen LogP contribution in [-0.2, 0) is 4.79 Å². The quantitative estimate of drug-likeness (QED) is 0.815. The summed E-state index contributed by atoms with van der Waals surface area (Å²) in [6.45, 7) is 9.69. The first-order chi connectivity index (χ1) is 7.91. The van der Waals surface area contributed by atoms with Crippen LogP contribution in [0.1, 0.15) is 53.4 Å². The molecule has 3 heteroatoms. The summed E-state index contributed by atoms with van der Waals surface area (Å²) in [5.41, 5.74) is 0.386. The van der Waals surface area contributed by atoms with Gasteiger partial charge in [-0.15, -0.1) is 0 Å². The van der Waals surface area contributed by atoms with Gasteiger partial charge in [-0.3, -0.25) is 10.1 Å². The molecular formula is C14H26N2O. The molecule has 1 heterocycles. The molecule has 0 aromatic carbocycles. The Hall–Kier alpha value is -0.570. The monoisotopic (exact) mass is 238 g/mol. The van der Waals surface area contributed by atoms with Crippen molar-refractivity contribution >= 4 is 5.91 Å². The summed E-state index contributed by atoms with van der Waals surface area (Å²) in [6.07, 6.45) is 5.21. The maximum Gasteiger partial charge on any atom is 0.240 e. The molecule has 2 rings (SSSR count). The van der Waals surface area contributed by atoms with Gasteiger partial charge in [0.1, 0.15) is 0 Å². The maximum atomic E-state index is 12.2. The molecule has 0 aromatic heterocycles. The number of hydrogen-bond acceptors (Lipinski definition) is 2. The molecule has 3 nitrogen and oxygen atoms in total. The molecule has 1 amide bonds. The van der Waals surface area contributed by atoms with Crippen molar-refractivity contribution < 1.29 is 4.79 Å². The number of hydrogen-bond donors (Lipinski definition) is 1. The van der Waals surface area contributed by atoms with Gasteiger partial charge in [0, 0.05) is 6.54 Å². The van der Waals surface area contributed by atoms with Crippen LogP contribution in [0.2, 0.25) is 0 Å². The molecule has 0 spiro atoms. The highest BCUT2D eigenvalue weighted by Gasteiger charge is 2.42. The molecule has 1 aliphatic heterocycles. The highest BCUT2D eigenvalue weighted by molar-refractivity contribution is 5.83. The summed E-state index contributed by atoms with van der Waals surface area (Å²) in [5.74, 6) is 0.922. The molecule has 2 atom stereocenters. The third-order valence-electron chi connectivity index (χ3n) is 4.28.